The van der Waals surface area contributed by atoms with Crippen molar-refractivity contribution in [2.45, 2.75) is 0 Å². The lowest BCUT2D eigenvalue weighted by Crippen LogP contribution is -2.34. The lowest BCUT2D eigenvalue weighted by molar-refractivity contribution is 0.0697. The van der Waals surface area contributed by atoms with E-state index in [2.05, 4.69) is 10.2 Å². The van der Waals surface area contributed by atoms with Gasteiger partial charge in [-0.05, 0) is 6.07 Å². The topological polar surface area (TPSA) is 66.3 Å². The molecule has 80 valence electrons. The Hall–Kier alpha value is -1.30. The summed E-state index contributed by atoms with van der Waals surface area (Å²) < 4.78 is 0. The quantitative estimate of drug-likeness (QED) is 0.800. The van der Waals surface area contributed by atoms with Crippen molar-refractivity contribution in [3.8, 4) is 0 Å². The van der Waals surface area contributed by atoms with E-state index < -0.39 is 5.97 Å². The van der Waals surface area contributed by atoms with Crippen LogP contribution < -0.4 is 4.90 Å². The van der Waals surface area contributed by atoms with E-state index in [4.69, 9.17) is 5.11 Å². The minimum absolute atomic E-state index is 0.233. The number of hydrogen-bond acceptors (Lipinski definition) is 5. The fourth-order valence-corrected chi connectivity index (χ4v) is 2.40. The fraction of sp³-hybridized carbons (Fsp3) is 0.444. The highest BCUT2D eigenvalue weighted by Crippen LogP contribution is 2.20. The first-order valence-electron chi connectivity index (χ1n) is 4.66. The Labute approximate surface area is 91.5 Å². The van der Waals surface area contributed by atoms with Gasteiger partial charge in [0.2, 0.25) is 0 Å². The SMILES string of the molecule is O=C(O)c1ccnnc1N1CCSCC1. The molecule has 1 aliphatic heterocycles. The van der Waals surface area contributed by atoms with E-state index in [1.165, 1.54) is 12.3 Å². The number of rotatable bonds is 2. The van der Waals surface area contributed by atoms with E-state index in [1.54, 1.807) is 0 Å². The van der Waals surface area contributed by atoms with E-state index in [0.717, 1.165) is 24.6 Å². The van der Waals surface area contributed by atoms with E-state index in [-0.39, 0.29) is 5.56 Å². The first kappa shape index (κ1) is 10.2. The van der Waals surface area contributed by atoms with Crippen LogP contribution >= 0.6 is 11.8 Å². The Balaban J connectivity index is 2.29. The van der Waals surface area contributed by atoms with Crippen molar-refractivity contribution in [1.82, 2.24) is 10.2 Å². The molecule has 1 fully saturated rings. The molecule has 15 heavy (non-hydrogen) atoms. The van der Waals surface area contributed by atoms with Crippen LogP contribution in [0.4, 0.5) is 5.82 Å². The van der Waals surface area contributed by atoms with Crippen molar-refractivity contribution in [1.29, 1.82) is 0 Å². The average Bonchev–Trinajstić information content (AvgIpc) is 2.30. The Morgan fingerprint density at radius 2 is 2.20 bits per heavy atom. The molecule has 1 aliphatic rings. The molecule has 1 saturated heterocycles. The van der Waals surface area contributed by atoms with Gasteiger partial charge in [0.05, 0.1) is 6.20 Å². The van der Waals surface area contributed by atoms with Crippen LogP contribution in [0.1, 0.15) is 10.4 Å². The van der Waals surface area contributed by atoms with Crippen molar-refractivity contribution in [3.63, 3.8) is 0 Å². The molecular weight excluding hydrogens is 214 g/mol. The van der Waals surface area contributed by atoms with Crippen molar-refractivity contribution < 1.29 is 9.90 Å². The smallest absolute Gasteiger partial charge is 0.339 e. The first-order chi connectivity index (χ1) is 7.29. The third kappa shape index (κ3) is 2.20. The van der Waals surface area contributed by atoms with Gasteiger partial charge in [0.1, 0.15) is 5.56 Å². The van der Waals surface area contributed by atoms with Gasteiger partial charge in [0, 0.05) is 24.6 Å². The number of carbonyl (C=O) groups is 1. The molecule has 0 aromatic carbocycles. The maximum absolute atomic E-state index is 11.0. The minimum Gasteiger partial charge on any atom is -0.478 e. The predicted octanol–water partition coefficient (Wildman–Crippen LogP) is 0.728. The number of anilines is 1. The summed E-state index contributed by atoms with van der Waals surface area (Å²) in [5.41, 5.74) is 0.233. The summed E-state index contributed by atoms with van der Waals surface area (Å²) in [6.07, 6.45) is 1.41. The molecule has 0 bridgehead atoms. The van der Waals surface area contributed by atoms with Crippen LogP contribution in [-0.4, -0.2) is 45.9 Å². The summed E-state index contributed by atoms with van der Waals surface area (Å²) in [7, 11) is 0. The Bertz CT molecular complexity index is 366. The van der Waals surface area contributed by atoms with Gasteiger partial charge in [-0.1, -0.05) is 0 Å². The third-order valence-electron chi connectivity index (χ3n) is 2.24. The largest absolute Gasteiger partial charge is 0.478 e. The normalized spacial score (nSPS) is 16.4. The molecular formula is C9H11N3O2S. The van der Waals surface area contributed by atoms with Crippen LogP contribution in [0.5, 0.6) is 0 Å². The van der Waals surface area contributed by atoms with Gasteiger partial charge < -0.3 is 10.0 Å². The van der Waals surface area contributed by atoms with Gasteiger partial charge in [0.15, 0.2) is 5.82 Å². The molecule has 2 heterocycles. The molecule has 0 aliphatic carbocycles. The minimum atomic E-state index is -0.946. The maximum Gasteiger partial charge on any atom is 0.339 e. The maximum atomic E-state index is 11.0. The van der Waals surface area contributed by atoms with Crippen LogP contribution in [0, 0.1) is 0 Å². The van der Waals surface area contributed by atoms with Gasteiger partial charge in [-0.25, -0.2) is 4.79 Å². The number of thioether (sulfide) groups is 1. The zero-order valence-corrected chi connectivity index (χ0v) is 8.90. The van der Waals surface area contributed by atoms with Crippen LogP contribution in [-0.2, 0) is 0 Å². The summed E-state index contributed by atoms with van der Waals surface area (Å²) in [5, 5.41) is 16.6. The molecule has 0 spiro atoms. The van der Waals surface area contributed by atoms with Crippen LogP contribution in [0.15, 0.2) is 12.3 Å². The van der Waals surface area contributed by atoms with Gasteiger partial charge in [-0.2, -0.15) is 16.9 Å². The highest BCUT2D eigenvalue weighted by atomic mass is 32.2. The summed E-state index contributed by atoms with van der Waals surface area (Å²) in [6.45, 7) is 1.67. The summed E-state index contributed by atoms with van der Waals surface area (Å²) in [5.74, 6) is 1.56. The van der Waals surface area contributed by atoms with E-state index in [9.17, 15) is 4.79 Å². The first-order valence-corrected chi connectivity index (χ1v) is 5.82. The lowest BCUT2D eigenvalue weighted by Gasteiger charge is -2.27. The summed E-state index contributed by atoms with van der Waals surface area (Å²) >= 11 is 1.87. The summed E-state index contributed by atoms with van der Waals surface area (Å²) in [4.78, 5) is 12.9. The Morgan fingerprint density at radius 3 is 2.87 bits per heavy atom. The fourth-order valence-electron chi connectivity index (χ4n) is 1.50. The molecule has 1 N–H and O–H groups in total. The second-order valence-corrected chi connectivity index (χ2v) is 4.40. The molecule has 0 radical (unpaired) electrons. The van der Waals surface area contributed by atoms with Crippen molar-refractivity contribution in [2.24, 2.45) is 0 Å². The average molecular weight is 225 g/mol. The lowest BCUT2D eigenvalue weighted by atomic mass is 10.2. The van der Waals surface area contributed by atoms with E-state index in [1.807, 2.05) is 16.7 Å². The monoisotopic (exact) mass is 225 g/mol. The van der Waals surface area contributed by atoms with Crippen molar-refractivity contribution >= 4 is 23.5 Å². The van der Waals surface area contributed by atoms with E-state index in [0.29, 0.717) is 5.82 Å². The zero-order chi connectivity index (χ0) is 10.7. The molecule has 0 amide bonds. The third-order valence-corrected chi connectivity index (χ3v) is 3.18. The highest BCUT2D eigenvalue weighted by Gasteiger charge is 2.19. The highest BCUT2D eigenvalue weighted by molar-refractivity contribution is 7.99. The molecule has 0 saturated carbocycles. The van der Waals surface area contributed by atoms with Gasteiger partial charge in [-0.3, -0.25) is 0 Å². The second kappa shape index (κ2) is 4.48. The number of hydrogen-bond donors (Lipinski definition) is 1. The molecule has 0 unspecified atom stereocenters. The summed E-state index contributed by atoms with van der Waals surface area (Å²) in [6, 6.07) is 1.49. The Morgan fingerprint density at radius 1 is 1.47 bits per heavy atom. The van der Waals surface area contributed by atoms with Gasteiger partial charge in [0.25, 0.3) is 0 Å². The van der Waals surface area contributed by atoms with Crippen LogP contribution in [0.3, 0.4) is 0 Å². The van der Waals surface area contributed by atoms with Crippen molar-refractivity contribution in [2.75, 3.05) is 29.5 Å². The standard InChI is InChI=1S/C9H11N3O2S/c13-9(14)7-1-2-10-11-8(7)12-3-5-15-6-4-12/h1-2H,3-6H2,(H,13,14). The molecule has 5 nitrogen and oxygen atoms in total. The molecule has 0 atom stereocenters. The second-order valence-electron chi connectivity index (χ2n) is 3.17. The Kier molecular flexibility index (Phi) is 3.05. The molecule has 1 aromatic heterocycles. The van der Waals surface area contributed by atoms with E-state index >= 15 is 0 Å². The predicted molar refractivity (Wildman–Crippen MR) is 58.5 cm³/mol. The van der Waals surface area contributed by atoms with Crippen LogP contribution in [0.25, 0.3) is 0 Å². The molecule has 1 aromatic rings. The number of carboxylic acid groups (broad SMARTS) is 1. The number of aromatic carboxylic acids is 1. The van der Waals surface area contributed by atoms with Crippen LogP contribution in [0.2, 0.25) is 0 Å². The zero-order valence-electron chi connectivity index (χ0n) is 8.09. The number of nitrogens with zero attached hydrogens (tertiary/aromatic N) is 3. The molecule has 2 rings (SSSR count). The number of aromatic nitrogens is 2. The van der Waals surface area contributed by atoms with Gasteiger partial charge in [-0.15, -0.1) is 5.10 Å². The van der Waals surface area contributed by atoms with Gasteiger partial charge >= 0.3 is 5.97 Å². The molecule has 6 heteroatoms. The van der Waals surface area contributed by atoms with Crippen molar-refractivity contribution in [3.05, 3.63) is 17.8 Å². The number of carboxylic acids is 1.